The lowest BCUT2D eigenvalue weighted by molar-refractivity contribution is 0.413. The summed E-state index contributed by atoms with van der Waals surface area (Å²) >= 11 is 9.49. The molecule has 0 radical (unpaired) electrons. The third kappa shape index (κ3) is 3.18. The number of hydrogen-bond acceptors (Lipinski definition) is 2. The summed E-state index contributed by atoms with van der Waals surface area (Å²) in [6, 6.07) is 13.1. The van der Waals surface area contributed by atoms with Gasteiger partial charge in [-0.1, -0.05) is 33.6 Å². The molecular weight excluding hydrogens is 316 g/mol. The number of rotatable bonds is 4. The first-order valence-electron chi connectivity index (χ1n) is 5.39. The number of hydrogen-bond donors (Lipinski definition) is 0. The highest BCUT2D eigenvalue weighted by molar-refractivity contribution is 9.08. The van der Waals surface area contributed by atoms with Crippen LogP contribution in [0.4, 0.5) is 0 Å². The number of halogens is 2. The molecule has 0 fully saturated rings. The maximum absolute atomic E-state index is 6.11. The second-order valence-electron chi connectivity index (χ2n) is 3.66. The predicted octanol–water partition coefficient (Wildman–Crippen LogP) is 5.04. The molecule has 0 N–H and O–H groups in total. The maximum atomic E-state index is 6.11. The van der Waals surface area contributed by atoms with Gasteiger partial charge >= 0.3 is 0 Å². The van der Waals surface area contributed by atoms with Crippen molar-refractivity contribution in [3.05, 3.63) is 53.1 Å². The van der Waals surface area contributed by atoms with E-state index in [-0.39, 0.29) is 0 Å². The van der Waals surface area contributed by atoms with Crippen LogP contribution in [0, 0.1) is 0 Å². The Kier molecular flexibility index (Phi) is 4.50. The van der Waals surface area contributed by atoms with Gasteiger partial charge in [-0.3, -0.25) is 0 Å². The molecule has 2 aromatic carbocycles. The number of methoxy groups -OCH3 is 1. The molecule has 2 aromatic rings. The Morgan fingerprint density at radius 3 is 2.17 bits per heavy atom. The molecule has 0 atom stereocenters. The molecule has 0 saturated heterocycles. The highest BCUT2D eigenvalue weighted by Crippen LogP contribution is 2.28. The lowest BCUT2D eigenvalue weighted by Gasteiger charge is -2.08. The lowest BCUT2D eigenvalue weighted by atomic mass is 10.2. The van der Waals surface area contributed by atoms with Crippen molar-refractivity contribution in [3.8, 4) is 17.2 Å². The van der Waals surface area contributed by atoms with Crippen molar-refractivity contribution in [1.29, 1.82) is 0 Å². The Morgan fingerprint density at radius 2 is 1.61 bits per heavy atom. The second kappa shape index (κ2) is 6.12. The van der Waals surface area contributed by atoms with E-state index in [1.54, 1.807) is 7.11 Å². The Balaban J connectivity index is 2.15. The summed E-state index contributed by atoms with van der Waals surface area (Å²) in [5, 5.41) is 1.42. The molecule has 0 saturated carbocycles. The van der Waals surface area contributed by atoms with Crippen LogP contribution in [0.1, 0.15) is 5.56 Å². The summed E-state index contributed by atoms with van der Waals surface area (Å²) in [7, 11) is 1.63. The normalized spacial score (nSPS) is 10.2. The molecule has 4 heteroatoms. The Hall–Kier alpha value is -1.19. The van der Waals surface area contributed by atoms with Gasteiger partial charge in [-0.05, 0) is 42.0 Å². The van der Waals surface area contributed by atoms with E-state index in [1.165, 1.54) is 0 Å². The first kappa shape index (κ1) is 13.2. The van der Waals surface area contributed by atoms with Crippen LogP contribution < -0.4 is 9.47 Å². The van der Waals surface area contributed by atoms with Gasteiger partial charge in [-0.2, -0.15) is 0 Å². The van der Waals surface area contributed by atoms with E-state index in [0.717, 1.165) is 28.1 Å². The highest BCUT2D eigenvalue weighted by Gasteiger charge is 2.03. The third-order valence-corrected chi connectivity index (χ3v) is 3.42. The van der Waals surface area contributed by atoms with Crippen molar-refractivity contribution < 1.29 is 9.47 Å². The summed E-state index contributed by atoms with van der Waals surface area (Å²) in [6.45, 7) is 0. The van der Waals surface area contributed by atoms with Gasteiger partial charge in [-0.15, -0.1) is 0 Å². The van der Waals surface area contributed by atoms with Crippen molar-refractivity contribution in [3.63, 3.8) is 0 Å². The van der Waals surface area contributed by atoms with Crippen LogP contribution in [0.3, 0.4) is 0 Å². The highest BCUT2D eigenvalue weighted by atomic mass is 79.9. The standard InChI is InChI=1S/C14H12BrClO2/c1-17-11-4-6-12(7-5-11)18-13-3-2-10(9-15)14(16)8-13/h2-8H,9H2,1H3. The fraction of sp³-hybridized carbons (Fsp3) is 0.143. The number of benzene rings is 2. The quantitative estimate of drug-likeness (QED) is 0.733. The van der Waals surface area contributed by atoms with E-state index in [4.69, 9.17) is 21.1 Å². The van der Waals surface area contributed by atoms with Gasteiger partial charge in [0.25, 0.3) is 0 Å². The van der Waals surface area contributed by atoms with Crippen molar-refractivity contribution in [2.45, 2.75) is 5.33 Å². The van der Waals surface area contributed by atoms with Crippen molar-refractivity contribution in [2.75, 3.05) is 7.11 Å². The Bertz CT molecular complexity index is 526. The maximum Gasteiger partial charge on any atom is 0.128 e. The van der Waals surface area contributed by atoms with Gasteiger partial charge in [0.1, 0.15) is 17.2 Å². The van der Waals surface area contributed by atoms with Crippen LogP contribution in [-0.2, 0) is 5.33 Å². The molecule has 0 spiro atoms. The van der Waals surface area contributed by atoms with Gasteiger partial charge in [0.2, 0.25) is 0 Å². The minimum Gasteiger partial charge on any atom is -0.497 e. The van der Waals surface area contributed by atoms with Gasteiger partial charge in [0.05, 0.1) is 7.11 Å². The number of ether oxygens (including phenoxy) is 2. The van der Waals surface area contributed by atoms with Crippen LogP contribution in [0.2, 0.25) is 5.02 Å². The molecule has 0 bridgehead atoms. The first-order chi connectivity index (χ1) is 8.72. The molecule has 2 nitrogen and oxygen atoms in total. The minimum atomic E-state index is 0.692. The summed E-state index contributed by atoms with van der Waals surface area (Å²) in [5.41, 5.74) is 1.04. The van der Waals surface area contributed by atoms with Gasteiger partial charge in [-0.25, -0.2) is 0 Å². The lowest BCUT2D eigenvalue weighted by Crippen LogP contribution is -1.87. The molecule has 94 valence electrons. The summed E-state index contributed by atoms with van der Waals surface area (Å²) in [4.78, 5) is 0. The van der Waals surface area contributed by atoms with Crippen molar-refractivity contribution in [2.24, 2.45) is 0 Å². The molecule has 0 aliphatic carbocycles. The van der Waals surface area contributed by atoms with Crippen LogP contribution in [0.15, 0.2) is 42.5 Å². The molecule has 0 amide bonds. The molecular formula is C14H12BrClO2. The zero-order chi connectivity index (χ0) is 13.0. The van der Waals surface area contributed by atoms with Crippen LogP contribution in [-0.4, -0.2) is 7.11 Å². The average molecular weight is 328 g/mol. The third-order valence-electron chi connectivity index (χ3n) is 2.46. The average Bonchev–Trinajstić information content (AvgIpc) is 2.40. The molecule has 0 aromatic heterocycles. The van der Waals surface area contributed by atoms with Crippen molar-refractivity contribution >= 4 is 27.5 Å². The van der Waals surface area contributed by atoms with Gasteiger partial charge in [0.15, 0.2) is 0 Å². The summed E-state index contributed by atoms with van der Waals surface area (Å²) in [6.07, 6.45) is 0. The largest absolute Gasteiger partial charge is 0.497 e. The molecule has 0 aliphatic heterocycles. The fourth-order valence-corrected chi connectivity index (χ4v) is 2.37. The monoisotopic (exact) mass is 326 g/mol. The zero-order valence-corrected chi connectivity index (χ0v) is 12.2. The van der Waals surface area contributed by atoms with Gasteiger partial charge < -0.3 is 9.47 Å². The van der Waals surface area contributed by atoms with E-state index >= 15 is 0 Å². The molecule has 18 heavy (non-hydrogen) atoms. The molecule has 0 aliphatic rings. The molecule has 0 heterocycles. The van der Waals surface area contributed by atoms with E-state index in [2.05, 4.69) is 15.9 Å². The van der Waals surface area contributed by atoms with E-state index in [1.807, 2.05) is 42.5 Å². The Labute approximate surface area is 120 Å². The minimum absolute atomic E-state index is 0.692. The predicted molar refractivity (Wildman–Crippen MR) is 77.2 cm³/mol. The second-order valence-corrected chi connectivity index (χ2v) is 4.63. The van der Waals surface area contributed by atoms with E-state index < -0.39 is 0 Å². The number of alkyl halides is 1. The van der Waals surface area contributed by atoms with Crippen molar-refractivity contribution in [1.82, 2.24) is 0 Å². The molecule has 0 unspecified atom stereocenters. The Morgan fingerprint density at radius 1 is 1.00 bits per heavy atom. The summed E-state index contributed by atoms with van der Waals surface area (Å²) in [5.74, 6) is 2.27. The SMILES string of the molecule is COc1ccc(Oc2ccc(CBr)c(Cl)c2)cc1. The van der Waals surface area contributed by atoms with Crippen LogP contribution in [0.25, 0.3) is 0 Å². The van der Waals surface area contributed by atoms with Crippen LogP contribution in [0.5, 0.6) is 17.2 Å². The van der Waals surface area contributed by atoms with Gasteiger partial charge in [0, 0.05) is 10.4 Å². The van der Waals surface area contributed by atoms with Crippen LogP contribution >= 0.6 is 27.5 Å². The van der Waals surface area contributed by atoms with E-state index in [0.29, 0.717) is 5.02 Å². The van der Waals surface area contributed by atoms with E-state index in [9.17, 15) is 0 Å². The summed E-state index contributed by atoms with van der Waals surface area (Å²) < 4.78 is 10.8. The zero-order valence-electron chi connectivity index (χ0n) is 9.82. The topological polar surface area (TPSA) is 18.5 Å². The first-order valence-corrected chi connectivity index (χ1v) is 6.89. The smallest absolute Gasteiger partial charge is 0.128 e. The fourth-order valence-electron chi connectivity index (χ4n) is 1.48. The molecule has 2 rings (SSSR count).